The molecule has 2 nitrogen and oxygen atoms in total. The lowest BCUT2D eigenvalue weighted by molar-refractivity contribution is 0.0873. The third kappa shape index (κ3) is 2.83. The standard InChI is InChI=1S/C13H18BrNO/c1-2-13-11(5-8-16-13)12(14)9-10-3-6-15-7-4-10/h3-4,6-7,11-13H,2,5,8-9H2,1H3. The molecule has 2 heterocycles. The maximum Gasteiger partial charge on any atom is 0.0612 e. The average Bonchev–Trinajstić information content (AvgIpc) is 2.78. The first-order valence-corrected chi connectivity index (χ1v) is 6.87. The monoisotopic (exact) mass is 283 g/mol. The van der Waals surface area contributed by atoms with Gasteiger partial charge in [-0.1, -0.05) is 22.9 Å². The smallest absolute Gasteiger partial charge is 0.0612 e. The predicted octanol–water partition coefficient (Wildman–Crippen LogP) is 3.20. The molecule has 3 atom stereocenters. The van der Waals surface area contributed by atoms with E-state index in [4.69, 9.17) is 4.74 Å². The van der Waals surface area contributed by atoms with Crippen LogP contribution in [0.4, 0.5) is 0 Å². The Hall–Kier alpha value is -0.410. The fourth-order valence-corrected chi connectivity index (χ4v) is 3.37. The van der Waals surface area contributed by atoms with Gasteiger partial charge in [0.05, 0.1) is 6.10 Å². The summed E-state index contributed by atoms with van der Waals surface area (Å²) in [5.74, 6) is 0.651. The summed E-state index contributed by atoms with van der Waals surface area (Å²) in [6.45, 7) is 3.12. The molecule has 0 N–H and O–H groups in total. The Labute approximate surface area is 106 Å². The highest BCUT2D eigenvalue weighted by Gasteiger charge is 2.32. The van der Waals surface area contributed by atoms with E-state index < -0.39 is 0 Å². The van der Waals surface area contributed by atoms with Crippen molar-refractivity contribution in [2.24, 2.45) is 5.92 Å². The summed E-state index contributed by atoms with van der Waals surface area (Å²) in [7, 11) is 0. The number of hydrogen-bond acceptors (Lipinski definition) is 2. The molecule has 0 saturated carbocycles. The SMILES string of the molecule is CCC1OCCC1C(Br)Cc1ccncc1. The van der Waals surface area contributed by atoms with Gasteiger partial charge >= 0.3 is 0 Å². The lowest BCUT2D eigenvalue weighted by Crippen LogP contribution is -2.25. The summed E-state index contributed by atoms with van der Waals surface area (Å²) < 4.78 is 5.73. The van der Waals surface area contributed by atoms with Crippen LogP contribution in [0.2, 0.25) is 0 Å². The highest BCUT2D eigenvalue weighted by atomic mass is 79.9. The van der Waals surface area contributed by atoms with Crippen molar-refractivity contribution >= 4 is 15.9 Å². The number of pyridine rings is 1. The molecule has 0 bridgehead atoms. The molecule has 1 aromatic rings. The van der Waals surface area contributed by atoms with Gasteiger partial charge in [0.25, 0.3) is 0 Å². The lowest BCUT2D eigenvalue weighted by atomic mass is 9.92. The van der Waals surface area contributed by atoms with Gasteiger partial charge in [-0.25, -0.2) is 0 Å². The van der Waals surface area contributed by atoms with E-state index in [1.807, 2.05) is 12.4 Å². The molecule has 0 amide bonds. The zero-order valence-electron chi connectivity index (χ0n) is 9.60. The topological polar surface area (TPSA) is 22.1 Å². The Morgan fingerprint density at radius 2 is 2.25 bits per heavy atom. The van der Waals surface area contributed by atoms with Crippen LogP contribution in [0.1, 0.15) is 25.3 Å². The number of ether oxygens (including phenoxy) is 1. The van der Waals surface area contributed by atoms with Crippen molar-refractivity contribution in [2.75, 3.05) is 6.61 Å². The van der Waals surface area contributed by atoms with E-state index >= 15 is 0 Å². The van der Waals surface area contributed by atoms with E-state index in [0.717, 1.165) is 19.4 Å². The zero-order chi connectivity index (χ0) is 11.4. The molecule has 16 heavy (non-hydrogen) atoms. The third-order valence-corrected chi connectivity index (χ3v) is 4.31. The molecule has 3 heteroatoms. The number of alkyl halides is 1. The highest BCUT2D eigenvalue weighted by molar-refractivity contribution is 9.09. The summed E-state index contributed by atoms with van der Waals surface area (Å²) in [5, 5.41) is 0. The number of halogens is 1. The van der Waals surface area contributed by atoms with Crippen molar-refractivity contribution in [3.63, 3.8) is 0 Å². The summed E-state index contributed by atoms with van der Waals surface area (Å²) >= 11 is 3.82. The van der Waals surface area contributed by atoms with Gasteiger partial charge < -0.3 is 4.74 Å². The fraction of sp³-hybridized carbons (Fsp3) is 0.615. The van der Waals surface area contributed by atoms with Crippen molar-refractivity contribution in [3.05, 3.63) is 30.1 Å². The average molecular weight is 284 g/mol. The van der Waals surface area contributed by atoms with Gasteiger partial charge in [0, 0.05) is 29.7 Å². The summed E-state index contributed by atoms with van der Waals surface area (Å²) in [6, 6.07) is 4.18. The van der Waals surface area contributed by atoms with E-state index in [2.05, 4.69) is 40.0 Å². The second-order valence-electron chi connectivity index (χ2n) is 4.35. The molecule has 0 aliphatic carbocycles. The third-order valence-electron chi connectivity index (χ3n) is 3.31. The van der Waals surface area contributed by atoms with Crippen LogP contribution in [0.3, 0.4) is 0 Å². The van der Waals surface area contributed by atoms with Crippen molar-refractivity contribution in [1.82, 2.24) is 4.98 Å². The van der Waals surface area contributed by atoms with Crippen molar-refractivity contribution in [2.45, 2.75) is 37.1 Å². The summed E-state index contributed by atoms with van der Waals surface area (Å²) in [4.78, 5) is 4.56. The van der Waals surface area contributed by atoms with E-state index in [1.54, 1.807) is 0 Å². The molecule has 1 aliphatic rings. The molecule has 2 rings (SSSR count). The fourth-order valence-electron chi connectivity index (χ4n) is 2.39. The number of nitrogens with zero attached hydrogens (tertiary/aromatic N) is 1. The first kappa shape index (κ1) is 12.1. The number of rotatable bonds is 4. The van der Waals surface area contributed by atoms with Crippen LogP contribution in [0.25, 0.3) is 0 Å². The Morgan fingerprint density at radius 3 is 2.94 bits per heavy atom. The molecule has 0 radical (unpaired) electrons. The van der Waals surface area contributed by atoms with E-state index in [-0.39, 0.29) is 0 Å². The van der Waals surface area contributed by atoms with Crippen LogP contribution in [-0.4, -0.2) is 22.5 Å². The minimum Gasteiger partial charge on any atom is -0.378 e. The van der Waals surface area contributed by atoms with Gasteiger partial charge in [0.1, 0.15) is 0 Å². The summed E-state index contributed by atoms with van der Waals surface area (Å²) in [6.07, 6.45) is 7.51. The highest BCUT2D eigenvalue weighted by Crippen LogP contribution is 2.32. The quantitative estimate of drug-likeness (QED) is 0.792. The van der Waals surface area contributed by atoms with Gasteiger partial charge in [-0.05, 0) is 37.0 Å². The summed E-state index contributed by atoms with van der Waals surface area (Å²) in [5.41, 5.74) is 1.35. The molecule has 1 saturated heterocycles. The normalized spacial score (nSPS) is 26.9. The molecular weight excluding hydrogens is 266 g/mol. The predicted molar refractivity (Wildman–Crippen MR) is 68.8 cm³/mol. The van der Waals surface area contributed by atoms with Crippen LogP contribution in [-0.2, 0) is 11.2 Å². The molecular formula is C13H18BrNO. The largest absolute Gasteiger partial charge is 0.378 e. The van der Waals surface area contributed by atoms with Gasteiger partial charge in [-0.3, -0.25) is 4.98 Å². The Bertz CT molecular complexity index is 317. The van der Waals surface area contributed by atoms with E-state index in [1.165, 1.54) is 12.0 Å². The van der Waals surface area contributed by atoms with Crippen molar-refractivity contribution in [1.29, 1.82) is 0 Å². The number of aromatic nitrogens is 1. The second kappa shape index (κ2) is 5.78. The minimum absolute atomic E-state index is 0.436. The van der Waals surface area contributed by atoms with Gasteiger partial charge in [0.2, 0.25) is 0 Å². The van der Waals surface area contributed by atoms with Gasteiger partial charge in [0.15, 0.2) is 0 Å². The maximum absolute atomic E-state index is 5.73. The zero-order valence-corrected chi connectivity index (χ0v) is 11.2. The Balaban J connectivity index is 1.95. The second-order valence-corrected chi connectivity index (χ2v) is 5.52. The minimum atomic E-state index is 0.436. The van der Waals surface area contributed by atoms with Gasteiger partial charge in [-0.15, -0.1) is 0 Å². The first-order valence-electron chi connectivity index (χ1n) is 5.96. The maximum atomic E-state index is 5.73. The van der Waals surface area contributed by atoms with Crippen LogP contribution in [0, 0.1) is 5.92 Å². The molecule has 1 fully saturated rings. The van der Waals surface area contributed by atoms with Crippen LogP contribution in [0.15, 0.2) is 24.5 Å². The van der Waals surface area contributed by atoms with E-state index in [0.29, 0.717) is 16.8 Å². The Morgan fingerprint density at radius 1 is 1.50 bits per heavy atom. The van der Waals surface area contributed by atoms with Gasteiger partial charge in [-0.2, -0.15) is 0 Å². The molecule has 0 spiro atoms. The Kier molecular flexibility index (Phi) is 4.36. The van der Waals surface area contributed by atoms with Crippen molar-refractivity contribution in [3.8, 4) is 0 Å². The number of hydrogen-bond donors (Lipinski definition) is 0. The molecule has 88 valence electrons. The molecule has 3 unspecified atom stereocenters. The molecule has 1 aromatic heterocycles. The lowest BCUT2D eigenvalue weighted by Gasteiger charge is -2.22. The van der Waals surface area contributed by atoms with Crippen LogP contribution in [0.5, 0.6) is 0 Å². The van der Waals surface area contributed by atoms with Crippen molar-refractivity contribution < 1.29 is 4.74 Å². The first-order chi connectivity index (χ1) is 7.81. The van der Waals surface area contributed by atoms with Crippen LogP contribution >= 0.6 is 15.9 Å². The molecule has 1 aliphatic heterocycles. The van der Waals surface area contributed by atoms with Crippen LogP contribution < -0.4 is 0 Å². The van der Waals surface area contributed by atoms with E-state index in [9.17, 15) is 0 Å². The molecule has 0 aromatic carbocycles.